The number of amides is 2. The molecule has 2 aromatic rings. The van der Waals surface area contributed by atoms with Crippen LogP contribution in [0.15, 0.2) is 53.4 Å². The monoisotopic (exact) mass is 499 g/mol. The van der Waals surface area contributed by atoms with E-state index in [1.54, 1.807) is 12.1 Å². The second-order valence-corrected chi connectivity index (χ2v) is 10.9. The van der Waals surface area contributed by atoms with E-state index in [0.717, 1.165) is 43.4 Å². The highest BCUT2D eigenvalue weighted by Crippen LogP contribution is 2.19. The third kappa shape index (κ3) is 6.39. The molecule has 0 saturated carbocycles. The molecule has 2 aliphatic rings. The molecule has 0 radical (unpaired) electrons. The highest BCUT2D eigenvalue weighted by molar-refractivity contribution is 7.89. The maximum absolute atomic E-state index is 12.9. The first-order valence-corrected chi connectivity index (χ1v) is 13.5. The van der Waals surface area contributed by atoms with E-state index in [2.05, 4.69) is 51.6 Å². The summed E-state index contributed by atoms with van der Waals surface area (Å²) < 4.78 is 26.9. The highest BCUT2D eigenvalue weighted by Gasteiger charge is 2.29. The molecule has 2 aliphatic heterocycles. The molecule has 2 saturated heterocycles. The normalized spacial score (nSPS) is 17.7. The van der Waals surface area contributed by atoms with Crippen molar-refractivity contribution in [1.82, 2.24) is 19.8 Å². The van der Waals surface area contributed by atoms with E-state index in [4.69, 9.17) is 0 Å². The number of nitrogens with zero attached hydrogens (tertiary/aromatic N) is 3. The molecule has 0 unspecified atom stereocenters. The van der Waals surface area contributed by atoms with Crippen molar-refractivity contribution < 1.29 is 18.0 Å². The fraction of sp³-hybridized carbons (Fsp3) is 0.440. The first-order valence-electron chi connectivity index (χ1n) is 12.0. The molecule has 0 aromatic heterocycles. The van der Waals surface area contributed by atoms with Crippen LogP contribution < -0.4 is 15.5 Å². The van der Waals surface area contributed by atoms with E-state index in [0.29, 0.717) is 12.1 Å². The van der Waals surface area contributed by atoms with Gasteiger partial charge < -0.3 is 15.5 Å². The van der Waals surface area contributed by atoms with Crippen molar-refractivity contribution in [3.05, 3.63) is 59.7 Å². The molecule has 9 nitrogen and oxygen atoms in total. The van der Waals surface area contributed by atoms with Crippen LogP contribution in [0.4, 0.5) is 5.69 Å². The van der Waals surface area contributed by atoms with Gasteiger partial charge in [-0.15, -0.1) is 0 Å². The summed E-state index contributed by atoms with van der Waals surface area (Å²) in [7, 11) is -3.84. The number of hydrogen-bond donors (Lipinski definition) is 2. The maximum Gasteiger partial charge on any atom is 0.251 e. The maximum atomic E-state index is 12.9. The van der Waals surface area contributed by atoms with Crippen molar-refractivity contribution in [3.8, 4) is 0 Å². The predicted octanol–water partition coefficient (Wildman–Crippen LogP) is 1.06. The first-order chi connectivity index (χ1) is 16.8. The topological polar surface area (TPSA) is 102 Å². The second-order valence-electron chi connectivity index (χ2n) is 8.99. The van der Waals surface area contributed by atoms with Gasteiger partial charge in [0.15, 0.2) is 0 Å². The zero-order valence-corrected chi connectivity index (χ0v) is 20.9. The highest BCUT2D eigenvalue weighted by atomic mass is 32.2. The van der Waals surface area contributed by atoms with Crippen molar-refractivity contribution >= 4 is 27.5 Å². The molecule has 4 rings (SSSR count). The molecule has 0 atom stereocenters. The van der Waals surface area contributed by atoms with E-state index in [-0.39, 0.29) is 36.3 Å². The minimum atomic E-state index is -3.84. The van der Waals surface area contributed by atoms with E-state index in [1.165, 1.54) is 23.4 Å². The summed E-state index contributed by atoms with van der Waals surface area (Å²) in [6.07, 6.45) is 0.817. The van der Waals surface area contributed by atoms with Crippen LogP contribution in [0.2, 0.25) is 0 Å². The number of sulfonamides is 1. The minimum Gasteiger partial charge on any atom is -0.369 e. The van der Waals surface area contributed by atoms with Crippen molar-refractivity contribution in [1.29, 1.82) is 0 Å². The van der Waals surface area contributed by atoms with Gasteiger partial charge in [0.25, 0.3) is 5.91 Å². The van der Waals surface area contributed by atoms with Crippen LogP contribution in [0, 0.1) is 6.92 Å². The van der Waals surface area contributed by atoms with Gasteiger partial charge in [-0.1, -0.05) is 18.2 Å². The lowest BCUT2D eigenvalue weighted by Gasteiger charge is -2.36. The molecular weight excluding hydrogens is 466 g/mol. The molecule has 0 spiro atoms. The predicted molar refractivity (Wildman–Crippen MR) is 135 cm³/mol. The fourth-order valence-corrected chi connectivity index (χ4v) is 5.87. The summed E-state index contributed by atoms with van der Waals surface area (Å²) in [6.45, 7) is 7.73. The SMILES string of the molecule is Cc1cccc(N2CCN(CCCNC(=O)c3cccc(S(=O)(=O)N4CCNC(=O)C4)c3)CC2)c1. The Balaban J connectivity index is 1.23. The lowest BCUT2D eigenvalue weighted by molar-refractivity contribution is -0.122. The largest absolute Gasteiger partial charge is 0.369 e. The Kier molecular flexibility index (Phi) is 8.04. The van der Waals surface area contributed by atoms with Crippen LogP contribution in [-0.4, -0.2) is 88.3 Å². The van der Waals surface area contributed by atoms with Gasteiger partial charge in [-0.2, -0.15) is 4.31 Å². The summed E-state index contributed by atoms with van der Waals surface area (Å²) in [5.41, 5.74) is 2.83. The van der Waals surface area contributed by atoms with Gasteiger partial charge in [-0.05, 0) is 55.8 Å². The van der Waals surface area contributed by atoms with E-state index >= 15 is 0 Å². The third-order valence-electron chi connectivity index (χ3n) is 6.41. The van der Waals surface area contributed by atoms with E-state index < -0.39 is 10.0 Å². The summed E-state index contributed by atoms with van der Waals surface area (Å²) >= 11 is 0. The summed E-state index contributed by atoms with van der Waals surface area (Å²) in [5.74, 6) is -0.631. The van der Waals surface area contributed by atoms with E-state index in [9.17, 15) is 18.0 Å². The number of carbonyl (C=O) groups excluding carboxylic acids is 2. The van der Waals surface area contributed by atoms with E-state index in [1.807, 2.05) is 0 Å². The van der Waals surface area contributed by atoms with Crippen LogP contribution in [-0.2, 0) is 14.8 Å². The molecule has 0 bridgehead atoms. The number of benzene rings is 2. The zero-order chi connectivity index (χ0) is 24.8. The molecule has 2 N–H and O–H groups in total. The number of piperazine rings is 2. The summed E-state index contributed by atoms with van der Waals surface area (Å²) in [5, 5.41) is 5.51. The molecule has 35 heavy (non-hydrogen) atoms. The summed E-state index contributed by atoms with van der Waals surface area (Å²) in [6, 6.07) is 14.6. The number of carbonyl (C=O) groups is 2. The Morgan fingerprint density at radius 3 is 2.54 bits per heavy atom. The quantitative estimate of drug-likeness (QED) is 0.527. The van der Waals surface area contributed by atoms with Gasteiger partial charge in [-0.25, -0.2) is 8.42 Å². The average molecular weight is 500 g/mol. The molecule has 0 aliphatic carbocycles. The summed E-state index contributed by atoms with van der Waals surface area (Å²) in [4.78, 5) is 29.0. The van der Waals surface area contributed by atoms with Crippen molar-refractivity contribution in [2.45, 2.75) is 18.2 Å². The molecular formula is C25H33N5O4S. The number of nitrogens with one attached hydrogen (secondary N) is 2. The zero-order valence-electron chi connectivity index (χ0n) is 20.1. The Morgan fingerprint density at radius 2 is 1.80 bits per heavy atom. The Bertz CT molecular complexity index is 1160. The third-order valence-corrected chi connectivity index (χ3v) is 8.25. The number of anilines is 1. The lowest BCUT2D eigenvalue weighted by Crippen LogP contribution is -2.49. The Labute approximate surface area is 207 Å². The molecule has 2 aromatic carbocycles. The van der Waals surface area contributed by atoms with Crippen LogP contribution in [0.25, 0.3) is 0 Å². The Morgan fingerprint density at radius 1 is 1.03 bits per heavy atom. The molecule has 2 amide bonds. The fourth-order valence-electron chi connectivity index (χ4n) is 4.43. The van der Waals surface area contributed by atoms with Gasteiger partial charge >= 0.3 is 0 Å². The van der Waals surface area contributed by atoms with Crippen LogP contribution in [0.3, 0.4) is 0 Å². The van der Waals surface area contributed by atoms with Gasteiger partial charge in [-0.3, -0.25) is 14.5 Å². The number of rotatable bonds is 8. The number of aryl methyl sites for hydroxylation is 1. The van der Waals surface area contributed by atoms with Crippen LogP contribution >= 0.6 is 0 Å². The lowest BCUT2D eigenvalue weighted by atomic mass is 10.2. The van der Waals surface area contributed by atoms with Crippen molar-refractivity contribution in [2.24, 2.45) is 0 Å². The second kappa shape index (κ2) is 11.2. The van der Waals surface area contributed by atoms with Gasteiger partial charge in [0.1, 0.15) is 0 Å². The van der Waals surface area contributed by atoms with Crippen LogP contribution in [0.1, 0.15) is 22.3 Å². The Hall–Kier alpha value is -2.95. The molecule has 2 fully saturated rings. The average Bonchev–Trinajstić information content (AvgIpc) is 2.87. The number of hydrogen-bond acceptors (Lipinski definition) is 6. The first kappa shape index (κ1) is 25.2. The van der Waals surface area contributed by atoms with Gasteiger partial charge in [0, 0.05) is 57.1 Å². The molecule has 188 valence electrons. The van der Waals surface area contributed by atoms with Gasteiger partial charge in [0.05, 0.1) is 11.4 Å². The standard InChI is InChI=1S/C25H33N5O4S/c1-20-5-2-7-22(17-20)29-15-13-28(14-16-29)11-4-9-27-25(32)21-6-3-8-23(18-21)35(33,34)30-12-10-26-24(31)19-30/h2-3,5-8,17-18H,4,9-16,19H2,1H3,(H,26,31)(H,27,32). The minimum absolute atomic E-state index is 0.0198. The van der Waals surface area contributed by atoms with Crippen molar-refractivity contribution in [2.75, 3.05) is 63.8 Å². The van der Waals surface area contributed by atoms with Crippen LogP contribution in [0.5, 0.6) is 0 Å². The smallest absolute Gasteiger partial charge is 0.251 e. The van der Waals surface area contributed by atoms with Gasteiger partial charge in [0.2, 0.25) is 15.9 Å². The molecule has 2 heterocycles. The van der Waals surface area contributed by atoms with Crippen molar-refractivity contribution in [3.63, 3.8) is 0 Å². The molecule has 10 heteroatoms.